The molecule has 21 heavy (non-hydrogen) atoms. The third-order valence-corrected chi connectivity index (χ3v) is 3.82. The van der Waals surface area contributed by atoms with E-state index in [0.717, 1.165) is 0 Å². The van der Waals surface area contributed by atoms with Crippen LogP contribution in [0.25, 0.3) is 0 Å². The fraction of sp³-hybridized carbons (Fsp3) is 0.571. The number of hydrogen-bond acceptors (Lipinski definition) is 1. The monoisotopic (exact) mass is 313 g/mol. The van der Waals surface area contributed by atoms with Crippen molar-refractivity contribution in [2.45, 2.75) is 46.1 Å². The Balaban J connectivity index is 3.52. The molecule has 0 radical (unpaired) electrons. The van der Waals surface area contributed by atoms with Gasteiger partial charge in [-0.2, -0.15) is 26.3 Å². The van der Waals surface area contributed by atoms with E-state index >= 15 is 0 Å². The summed E-state index contributed by atoms with van der Waals surface area (Å²) in [6, 6.07) is -0.458. The lowest BCUT2D eigenvalue weighted by molar-refractivity contribution is -0.290. The Hall–Kier alpha value is -1.24. The lowest BCUT2D eigenvalue weighted by Crippen LogP contribution is -2.44. The molecule has 0 aliphatic heterocycles. The van der Waals surface area contributed by atoms with Crippen molar-refractivity contribution in [1.29, 1.82) is 0 Å². The van der Waals surface area contributed by atoms with Crippen molar-refractivity contribution in [3.63, 3.8) is 0 Å². The minimum atomic E-state index is -5.45. The Morgan fingerprint density at radius 2 is 1.14 bits per heavy atom. The quantitative estimate of drug-likeness (QED) is 0.790. The summed E-state index contributed by atoms with van der Waals surface area (Å²) < 4.78 is 76.9. The lowest BCUT2D eigenvalue weighted by Gasteiger charge is -2.31. The molecule has 0 saturated heterocycles. The van der Waals surface area contributed by atoms with Crippen molar-refractivity contribution in [3.8, 4) is 0 Å². The molecule has 1 aromatic carbocycles. The zero-order valence-electron chi connectivity index (χ0n) is 12.1. The maximum atomic E-state index is 12.8. The van der Waals surface area contributed by atoms with Gasteiger partial charge < -0.3 is 5.73 Å². The van der Waals surface area contributed by atoms with Crippen LogP contribution in [0.2, 0.25) is 0 Å². The number of alkyl halides is 6. The first kappa shape index (κ1) is 17.8. The van der Waals surface area contributed by atoms with Crippen LogP contribution < -0.4 is 5.73 Å². The summed E-state index contributed by atoms with van der Waals surface area (Å²) in [6.45, 7) is 6.24. The molecular formula is C14H17F6N. The van der Waals surface area contributed by atoms with E-state index in [0.29, 0.717) is 22.3 Å². The average molecular weight is 313 g/mol. The first-order valence-corrected chi connectivity index (χ1v) is 6.24. The van der Waals surface area contributed by atoms with Crippen molar-refractivity contribution >= 4 is 0 Å². The van der Waals surface area contributed by atoms with Gasteiger partial charge in [0.25, 0.3) is 0 Å². The number of rotatable bonds is 2. The predicted molar refractivity (Wildman–Crippen MR) is 67.9 cm³/mol. The van der Waals surface area contributed by atoms with Crippen LogP contribution in [0.15, 0.2) is 6.07 Å². The molecule has 0 bridgehead atoms. The Morgan fingerprint density at radius 1 is 0.810 bits per heavy atom. The summed E-state index contributed by atoms with van der Waals surface area (Å²) in [5.74, 6) is -3.58. The number of hydrogen-bond donors (Lipinski definition) is 1. The zero-order valence-corrected chi connectivity index (χ0v) is 12.1. The molecule has 0 aromatic heterocycles. The predicted octanol–water partition coefficient (Wildman–Crippen LogP) is 4.66. The molecule has 0 spiro atoms. The first-order valence-electron chi connectivity index (χ1n) is 6.24. The van der Waals surface area contributed by atoms with Gasteiger partial charge in [0.05, 0.1) is 6.04 Å². The Kier molecular flexibility index (Phi) is 4.68. The minimum absolute atomic E-state index is 0.0767. The molecule has 7 heteroatoms. The molecule has 0 aliphatic carbocycles. The smallest absolute Gasteiger partial charge is 0.323 e. The van der Waals surface area contributed by atoms with E-state index in [1.165, 1.54) is 13.8 Å². The second kappa shape index (κ2) is 5.51. The average Bonchev–Trinajstić information content (AvgIpc) is 2.22. The van der Waals surface area contributed by atoms with Crippen molar-refractivity contribution in [2.75, 3.05) is 0 Å². The van der Waals surface area contributed by atoms with Crippen LogP contribution >= 0.6 is 0 Å². The summed E-state index contributed by atoms with van der Waals surface area (Å²) in [5, 5.41) is 0. The second-order valence-electron chi connectivity index (χ2n) is 5.26. The van der Waals surface area contributed by atoms with Crippen molar-refractivity contribution in [1.82, 2.24) is 0 Å². The summed E-state index contributed by atoms with van der Waals surface area (Å²) in [6.07, 6.45) is -10.9. The fourth-order valence-corrected chi connectivity index (χ4v) is 2.51. The summed E-state index contributed by atoms with van der Waals surface area (Å²) in [5.41, 5.74) is 7.30. The van der Waals surface area contributed by atoms with E-state index in [-0.39, 0.29) is 5.56 Å². The highest BCUT2D eigenvalue weighted by Crippen LogP contribution is 2.47. The van der Waals surface area contributed by atoms with Gasteiger partial charge >= 0.3 is 12.4 Å². The van der Waals surface area contributed by atoms with E-state index in [4.69, 9.17) is 5.73 Å². The molecule has 0 saturated carbocycles. The number of halogens is 6. The van der Waals surface area contributed by atoms with Crippen LogP contribution in [0.4, 0.5) is 26.3 Å². The molecule has 0 aliphatic rings. The second-order valence-corrected chi connectivity index (χ2v) is 5.26. The van der Waals surface area contributed by atoms with Gasteiger partial charge in [-0.15, -0.1) is 0 Å². The maximum absolute atomic E-state index is 12.8. The number of nitrogens with two attached hydrogens (primary N) is 1. The van der Waals surface area contributed by atoms with Crippen molar-refractivity contribution in [3.05, 3.63) is 33.9 Å². The molecule has 1 unspecified atom stereocenters. The SMILES string of the molecule is Cc1cc(C)c(C)c(C(N)C(C(F)(F)F)C(F)(F)F)c1C. The van der Waals surface area contributed by atoms with E-state index < -0.39 is 24.3 Å². The summed E-state index contributed by atoms with van der Waals surface area (Å²) in [4.78, 5) is 0. The first-order chi connectivity index (χ1) is 9.28. The van der Waals surface area contributed by atoms with Crippen LogP contribution in [0, 0.1) is 33.6 Å². The van der Waals surface area contributed by atoms with Gasteiger partial charge in [-0.05, 0) is 55.5 Å². The molecule has 1 rings (SSSR count). The van der Waals surface area contributed by atoms with Gasteiger partial charge in [-0.3, -0.25) is 0 Å². The molecule has 1 aromatic rings. The topological polar surface area (TPSA) is 26.0 Å². The Morgan fingerprint density at radius 3 is 1.43 bits per heavy atom. The van der Waals surface area contributed by atoms with Crippen molar-refractivity contribution < 1.29 is 26.3 Å². The van der Waals surface area contributed by atoms with Crippen LogP contribution in [-0.2, 0) is 0 Å². The summed E-state index contributed by atoms with van der Waals surface area (Å²) in [7, 11) is 0. The van der Waals surface area contributed by atoms with Crippen LogP contribution in [0.3, 0.4) is 0 Å². The molecule has 0 heterocycles. The molecule has 120 valence electrons. The molecule has 1 atom stereocenters. The maximum Gasteiger partial charge on any atom is 0.402 e. The van der Waals surface area contributed by atoms with E-state index in [9.17, 15) is 26.3 Å². The zero-order chi connectivity index (χ0) is 16.7. The molecule has 0 fully saturated rings. The van der Waals surface area contributed by atoms with E-state index in [1.54, 1.807) is 19.9 Å². The largest absolute Gasteiger partial charge is 0.402 e. The third-order valence-electron chi connectivity index (χ3n) is 3.82. The molecule has 2 N–H and O–H groups in total. The standard InChI is InChI=1S/C14H17F6N/c1-6-5-7(2)9(4)10(8(6)3)11(21)12(13(15,16)17)14(18,19)20/h5,11-12H,21H2,1-4H3. The normalized spacial score (nSPS) is 14.7. The molecular weight excluding hydrogens is 296 g/mol. The third kappa shape index (κ3) is 3.51. The highest BCUT2D eigenvalue weighted by molar-refractivity contribution is 5.46. The lowest BCUT2D eigenvalue weighted by atomic mass is 9.84. The molecule has 1 nitrogen and oxygen atoms in total. The van der Waals surface area contributed by atoms with Gasteiger partial charge in [-0.25, -0.2) is 0 Å². The highest BCUT2D eigenvalue weighted by Gasteiger charge is 2.60. The fourth-order valence-electron chi connectivity index (χ4n) is 2.51. The van der Waals surface area contributed by atoms with Crippen molar-refractivity contribution in [2.24, 2.45) is 11.7 Å². The van der Waals surface area contributed by atoms with Crippen LogP contribution in [0.5, 0.6) is 0 Å². The minimum Gasteiger partial charge on any atom is -0.323 e. The van der Waals surface area contributed by atoms with Gasteiger partial charge in [0, 0.05) is 0 Å². The van der Waals surface area contributed by atoms with Gasteiger partial charge in [-0.1, -0.05) is 6.07 Å². The Labute approximate surface area is 119 Å². The number of benzene rings is 1. The van der Waals surface area contributed by atoms with Crippen LogP contribution in [-0.4, -0.2) is 12.4 Å². The highest BCUT2D eigenvalue weighted by atomic mass is 19.4. The van der Waals surface area contributed by atoms with Gasteiger partial charge in [0.2, 0.25) is 0 Å². The van der Waals surface area contributed by atoms with E-state index in [2.05, 4.69) is 0 Å². The Bertz CT molecular complexity index is 489. The van der Waals surface area contributed by atoms with Gasteiger partial charge in [0.15, 0.2) is 5.92 Å². The van der Waals surface area contributed by atoms with Crippen LogP contribution in [0.1, 0.15) is 33.9 Å². The molecule has 0 amide bonds. The van der Waals surface area contributed by atoms with E-state index in [1.807, 2.05) is 0 Å². The number of aryl methyl sites for hydroxylation is 2. The van der Waals surface area contributed by atoms with Gasteiger partial charge in [0.1, 0.15) is 0 Å². The summed E-state index contributed by atoms with van der Waals surface area (Å²) >= 11 is 0.